The lowest BCUT2D eigenvalue weighted by Gasteiger charge is -2.21. The first-order chi connectivity index (χ1) is 16.2. The first kappa shape index (κ1) is 22.8. The standard InChI is InChI=1S/C22H22F2N8O2/c1-11(2)34-22(33)31(3)18-19(25)28-21(29-20(18)26)32-16-9-13(23)10-27-17(16)15(30-32)8-12-6-4-5-7-14(12)24/h4-7,9-11H,8H2,1-3H3,(H4,25,26,28,29). The Morgan fingerprint density at radius 2 is 1.85 bits per heavy atom. The summed E-state index contributed by atoms with van der Waals surface area (Å²) in [5.41, 5.74) is 13.6. The van der Waals surface area contributed by atoms with Gasteiger partial charge in [-0.3, -0.25) is 4.90 Å². The molecule has 3 aromatic heterocycles. The Balaban J connectivity index is 1.80. The monoisotopic (exact) mass is 468 g/mol. The maximum absolute atomic E-state index is 14.2. The highest BCUT2D eigenvalue weighted by Crippen LogP contribution is 2.30. The lowest BCUT2D eigenvalue weighted by atomic mass is 10.1. The van der Waals surface area contributed by atoms with Crippen LogP contribution in [0.25, 0.3) is 17.0 Å². The van der Waals surface area contributed by atoms with Gasteiger partial charge in [0.25, 0.3) is 5.95 Å². The van der Waals surface area contributed by atoms with Crippen molar-refractivity contribution >= 4 is 34.4 Å². The van der Waals surface area contributed by atoms with Crippen molar-refractivity contribution in [2.45, 2.75) is 26.4 Å². The van der Waals surface area contributed by atoms with Crippen LogP contribution in [0.15, 0.2) is 36.5 Å². The largest absolute Gasteiger partial charge is 0.446 e. The molecule has 10 nitrogen and oxygen atoms in total. The number of aromatic nitrogens is 5. The Morgan fingerprint density at radius 3 is 2.50 bits per heavy atom. The van der Waals surface area contributed by atoms with E-state index in [1.54, 1.807) is 32.0 Å². The van der Waals surface area contributed by atoms with Crippen molar-refractivity contribution in [1.82, 2.24) is 24.7 Å². The molecule has 0 aliphatic rings. The van der Waals surface area contributed by atoms with Crippen LogP contribution >= 0.6 is 0 Å². The number of carbonyl (C=O) groups is 1. The van der Waals surface area contributed by atoms with E-state index < -0.39 is 17.7 Å². The fraction of sp³-hybridized carbons (Fsp3) is 0.227. The van der Waals surface area contributed by atoms with E-state index in [4.69, 9.17) is 16.2 Å². The SMILES string of the molecule is CC(C)OC(=O)N(C)c1c(N)nc(-n2nc(Cc3ccccc3F)c3ncc(F)cc32)nc1N. The molecular weight excluding hydrogens is 446 g/mol. The van der Waals surface area contributed by atoms with Crippen LogP contribution in [0.3, 0.4) is 0 Å². The van der Waals surface area contributed by atoms with Gasteiger partial charge in [0.2, 0.25) is 0 Å². The van der Waals surface area contributed by atoms with E-state index in [1.165, 1.54) is 23.9 Å². The number of amides is 1. The predicted molar refractivity (Wildman–Crippen MR) is 122 cm³/mol. The third-order valence-electron chi connectivity index (χ3n) is 4.93. The van der Waals surface area contributed by atoms with E-state index in [2.05, 4.69) is 20.1 Å². The normalized spacial score (nSPS) is 11.2. The van der Waals surface area contributed by atoms with Gasteiger partial charge in [0.1, 0.15) is 22.8 Å². The quantitative estimate of drug-likeness (QED) is 0.455. The number of rotatable bonds is 5. The van der Waals surface area contributed by atoms with E-state index in [0.29, 0.717) is 16.8 Å². The number of carbonyl (C=O) groups excluding carboxylic acids is 1. The number of nitrogens with zero attached hydrogens (tertiary/aromatic N) is 6. The molecule has 0 aliphatic heterocycles. The van der Waals surface area contributed by atoms with E-state index in [0.717, 1.165) is 11.1 Å². The zero-order valence-electron chi connectivity index (χ0n) is 18.7. The summed E-state index contributed by atoms with van der Waals surface area (Å²) in [4.78, 5) is 25.9. The third kappa shape index (κ3) is 4.29. The van der Waals surface area contributed by atoms with Crippen molar-refractivity contribution in [2.75, 3.05) is 23.4 Å². The van der Waals surface area contributed by atoms with Crippen molar-refractivity contribution in [2.24, 2.45) is 0 Å². The Labute approximate surface area is 193 Å². The summed E-state index contributed by atoms with van der Waals surface area (Å²) in [6, 6.07) is 7.45. The van der Waals surface area contributed by atoms with Gasteiger partial charge in [-0.2, -0.15) is 19.7 Å². The molecule has 0 aliphatic carbocycles. The molecule has 0 bridgehead atoms. The van der Waals surface area contributed by atoms with Crippen molar-refractivity contribution in [1.29, 1.82) is 0 Å². The lowest BCUT2D eigenvalue weighted by Crippen LogP contribution is -2.31. The number of ether oxygens (including phenoxy) is 1. The molecule has 0 saturated heterocycles. The van der Waals surface area contributed by atoms with Crippen LogP contribution in [0.1, 0.15) is 25.1 Å². The number of hydrogen-bond donors (Lipinski definition) is 2. The molecule has 0 unspecified atom stereocenters. The fourth-order valence-corrected chi connectivity index (χ4v) is 3.42. The number of hydrogen-bond acceptors (Lipinski definition) is 8. The third-order valence-corrected chi connectivity index (χ3v) is 4.93. The van der Waals surface area contributed by atoms with E-state index in [9.17, 15) is 13.6 Å². The molecule has 1 aromatic carbocycles. The van der Waals surface area contributed by atoms with Gasteiger partial charge in [-0.1, -0.05) is 18.2 Å². The van der Waals surface area contributed by atoms with Crippen molar-refractivity contribution < 1.29 is 18.3 Å². The smallest absolute Gasteiger partial charge is 0.414 e. The first-order valence-corrected chi connectivity index (χ1v) is 10.3. The summed E-state index contributed by atoms with van der Waals surface area (Å²) in [5.74, 6) is -1.32. The minimum absolute atomic E-state index is 0.0572. The highest BCUT2D eigenvalue weighted by Gasteiger charge is 2.24. The number of nitrogen functional groups attached to an aromatic ring is 2. The Bertz CT molecular complexity index is 1370. The van der Waals surface area contributed by atoms with Crippen molar-refractivity contribution in [3.63, 3.8) is 0 Å². The maximum atomic E-state index is 14.2. The van der Waals surface area contributed by atoms with Gasteiger partial charge in [-0.05, 0) is 25.5 Å². The molecule has 0 fully saturated rings. The van der Waals surface area contributed by atoms with Crippen LogP contribution < -0.4 is 16.4 Å². The van der Waals surface area contributed by atoms with Crippen LogP contribution in [0.5, 0.6) is 0 Å². The Morgan fingerprint density at radius 1 is 1.18 bits per heavy atom. The van der Waals surface area contributed by atoms with E-state index >= 15 is 0 Å². The fourth-order valence-electron chi connectivity index (χ4n) is 3.42. The van der Waals surface area contributed by atoms with E-state index in [-0.39, 0.29) is 41.3 Å². The molecule has 0 saturated carbocycles. The minimum atomic E-state index is -0.687. The Kier molecular flexibility index (Phi) is 5.97. The van der Waals surface area contributed by atoms with Gasteiger partial charge in [0, 0.05) is 19.5 Å². The predicted octanol–water partition coefficient (Wildman–Crippen LogP) is 3.23. The number of nitrogens with two attached hydrogens (primary N) is 2. The highest BCUT2D eigenvalue weighted by molar-refractivity contribution is 5.94. The molecule has 4 N–H and O–H groups in total. The molecule has 0 spiro atoms. The second-order valence-corrected chi connectivity index (χ2v) is 7.78. The molecule has 1 amide bonds. The average Bonchev–Trinajstić information content (AvgIpc) is 3.11. The second-order valence-electron chi connectivity index (χ2n) is 7.78. The van der Waals surface area contributed by atoms with Crippen molar-refractivity contribution in [3.8, 4) is 5.95 Å². The zero-order chi connectivity index (χ0) is 24.6. The van der Waals surface area contributed by atoms with Crippen LogP contribution in [0.2, 0.25) is 0 Å². The number of anilines is 3. The van der Waals surface area contributed by atoms with Crippen molar-refractivity contribution in [3.05, 3.63) is 59.4 Å². The van der Waals surface area contributed by atoms with Gasteiger partial charge in [-0.25, -0.2) is 18.6 Å². The van der Waals surface area contributed by atoms with Gasteiger partial charge in [0.15, 0.2) is 11.6 Å². The summed E-state index contributed by atoms with van der Waals surface area (Å²) in [7, 11) is 1.42. The van der Waals surface area contributed by atoms with Crippen LogP contribution in [0, 0.1) is 11.6 Å². The first-order valence-electron chi connectivity index (χ1n) is 10.3. The molecule has 176 valence electrons. The topological polar surface area (TPSA) is 138 Å². The molecular formula is C22H22F2N8O2. The molecule has 4 aromatic rings. The molecule has 12 heteroatoms. The van der Waals surface area contributed by atoms with Gasteiger partial charge in [-0.15, -0.1) is 0 Å². The summed E-state index contributed by atoms with van der Waals surface area (Å²) >= 11 is 0. The molecule has 3 heterocycles. The van der Waals surface area contributed by atoms with Crippen LogP contribution in [-0.2, 0) is 11.2 Å². The zero-order valence-corrected chi connectivity index (χ0v) is 18.7. The van der Waals surface area contributed by atoms with Gasteiger partial charge >= 0.3 is 6.09 Å². The Hall–Kier alpha value is -4.35. The summed E-state index contributed by atoms with van der Waals surface area (Å²) in [6.45, 7) is 3.40. The van der Waals surface area contributed by atoms with E-state index in [1.807, 2.05) is 0 Å². The van der Waals surface area contributed by atoms with Crippen LogP contribution in [0.4, 0.5) is 30.9 Å². The van der Waals surface area contributed by atoms with Crippen LogP contribution in [-0.4, -0.2) is 44.0 Å². The number of halogens is 2. The average molecular weight is 468 g/mol. The summed E-state index contributed by atoms with van der Waals surface area (Å²) < 4.78 is 34.6. The van der Waals surface area contributed by atoms with Gasteiger partial charge in [0.05, 0.1) is 23.5 Å². The lowest BCUT2D eigenvalue weighted by molar-refractivity contribution is 0.124. The maximum Gasteiger partial charge on any atom is 0.414 e. The number of pyridine rings is 1. The minimum Gasteiger partial charge on any atom is -0.446 e. The molecule has 4 rings (SSSR count). The second kappa shape index (κ2) is 8.89. The van der Waals surface area contributed by atoms with Gasteiger partial charge < -0.3 is 16.2 Å². The highest BCUT2D eigenvalue weighted by atomic mass is 19.1. The molecule has 0 atom stereocenters. The number of benzene rings is 1. The molecule has 0 radical (unpaired) electrons. The molecule has 34 heavy (non-hydrogen) atoms. The summed E-state index contributed by atoms with van der Waals surface area (Å²) in [6.07, 6.45) is 0.0963. The number of fused-ring (bicyclic) bond motifs is 1. The summed E-state index contributed by atoms with van der Waals surface area (Å²) in [5, 5.41) is 4.45.